The van der Waals surface area contributed by atoms with E-state index in [0.717, 1.165) is 36.8 Å². The van der Waals surface area contributed by atoms with Crippen LogP contribution in [0.25, 0.3) is 0 Å². The van der Waals surface area contributed by atoms with Crippen molar-refractivity contribution in [1.29, 1.82) is 0 Å². The molecule has 2 N–H and O–H groups in total. The highest BCUT2D eigenvalue weighted by Gasteiger charge is 2.46. The van der Waals surface area contributed by atoms with Crippen molar-refractivity contribution in [2.45, 2.75) is 98.0 Å². The summed E-state index contributed by atoms with van der Waals surface area (Å²) in [5.74, 6) is -1.73. The molecule has 0 saturated carbocycles. The fraction of sp³-hybridized carbons (Fsp3) is 0.655. The Morgan fingerprint density at radius 2 is 1.82 bits per heavy atom. The van der Waals surface area contributed by atoms with Crippen molar-refractivity contribution in [2.24, 2.45) is 10.8 Å². The Balaban J connectivity index is 1.61. The van der Waals surface area contributed by atoms with Crippen LogP contribution in [0.15, 0.2) is 18.2 Å². The largest absolute Gasteiger partial charge is 0.480 e. The number of carbonyl (C=O) groups is 4. The number of aliphatic carboxylic acids is 1. The van der Waals surface area contributed by atoms with Gasteiger partial charge in [0.25, 0.3) is 0 Å². The average molecular weight is 544 g/mol. The summed E-state index contributed by atoms with van der Waals surface area (Å²) in [5, 5.41) is 12.6. The molecule has 214 valence electrons. The first-order valence-electron chi connectivity index (χ1n) is 13.8. The van der Waals surface area contributed by atoms with E-state index < -0.39 is 47.7 Å². The third-order valence-corrected chi connectivity index (χ3v) is 7.96. The molecule has 10 heteroatoms. The molecule has 1 aromatic rings. The van der Waals surface area contributed by atoms with E-state index >= 15 is 0 Å². The van der Waals surface area contributed by atoms with Gasteiger partial charge >= 0.3 is 18.2 Å². The van der Waals surface area contributed by atoms with Crippen LogP contribution >= 0.6 is 0 Å². The first-order valence-corrected chi connectivity index (χ1v) is 13.8. The Morgan fingerprint density at radius 3 is 2.51 bits per heavy atom. The summed E-state index contributed by atoms with van der Waals surface area (Å²) in [5.41, 5.74) is 2.47. The molecule has 0 aromatic heterocycles. The van der Waals surface area contributed by atoms with E-state index in [2.05, 4.69) is 11.4 Å². The van der Waals surface area contributed by atoms with Gasteiger partial charge in [0.1, 0.15) is 18.2 Å². The topological polar surface area (TPSA) is 125 Å². The van der Waals surface area contributed by atoms with Crippen LogP contribution in [0.3, 0.4) is 0 Å². The monoisotopic (exact) mass is 543 g/mol. The first-order chi connectivity index (χ1) is 18.2. The number of carboxylic acid groups (broad SMARTS) is 1. The van der Waals surface area contributed by atoms with Crippen molar-refractivity contribution in [3.63, 3.8) is 0 Å². The molecule has 0 radical (unpaired) electrons. The molecule has 4 rings (SSSR count). The highest BCUT2D eigenvalue weighted by atomic mass is 16.6. The molecule has 1 aromatic carbocycles. The molecule has 1 saturated heterocycles. The molecular formula is C29H41N3O7. The van der Waals surface area contributed by atoms with Gasteiger partial charge in [0.05, 0.1) is 13.2 Å². The second-order valence-electron chi connectivity index (χ2n) is 12.9. The molecule has 3 aliphatic heterocycles. The van der Waals surface area contributed by atoms with Gasteiger partial charge in [0, 0.05) is 19.5 Å². The molecule has 10 nitrogen and oxygen atoms in total. The van der Waals surface area contributed by atoms with Crippen molar-refractivity contribution >= 4 is 24.1 Å². The van der Waals surface area contributed by atoms with Crippen molar-refractivity contribution in [3.8, 4) is 0 Å². The second kappa shape index (κ2) is 11.1. The lowest BCUT2D eigenvalue weighted by atomic mass is 9.85. The summed E-state index contributed by atoms with van der Waals surface area (Å²) in [6.07, 6.45) is 1.61. The average Bonchev–Trinajstić information content (AvgIpc) is 3.47. The van der Waals surface area contributed by atoms with Gasteiger partial charge in [-0.25, -0.2) is 14.4 Å². The molecule has 3 atom stereocenters. The number of benzene rings is 1. The van der Waals surface area contributed by atoms with Crippen LogP contribution < -0.4 is 5.32 Å². The third-order valence-electron chi connectivity index (χ3n) is 7.96. The molecule has 0 aliphatic carbocycles. The fourth-order valence-corrected chi connectivity index (χ4v) is 5.66. The third kappa shape index (κ3) is 6.65. The van der Waals surface area contributed by atoms with Crippen LogP contribution in [0.5, 0.6) is 0 Å². The number of amides is 3. The van der Waals surface area contributed by atoms with Gasteiger partial charge in [0.15, 0.2) is 0 Å². The maximum absolute atomic E-state index is 13.7. The summed E-state index contributed by atoms with van der Waals surface area (Å²) in [6, 6.07) is 3.94. The number of hydrogen-bond acceptors (Lipinski definition) is 6. The SMILES string of the molecule is CC1(C)CCCCc2cccc3c2CN(C3)C(=O)OC2CC(C(=O)O)N(C2)C(=O)C(C(C)(C)C)NC(=O)OC1. The quantitative estimate of drug-likeness (QED) is 0.547. The minimum absolute atomic E-state index is 0.0195. The van der Waals surface area contributed by atoms with Crippen molar-refractivity contribution in [3.05, 3.63) is 34.9 Å². The number of nitrogens with zero attached hydrogens (tertiary/aromatic N) is 2. The Morgan fingerprint density at radius 1 is 1.10 bits per heavy atom. The first kappa shape index (κ1) is 28.7. The Labute approximate surface area is 230 Å². The lowest BCUT2D eigenvalue weighted by Gasteiger charge is -2.34. The Kier molecular flexibility index (Phi) is 8.14. The highest BCUT2D eigenvalue weighted by Crippen LogP contribution is 2.32. The minimum atomic E-state index is -1.18. The summed E-state index contributed by atoms with van der Waals surface area (Å²) in [7, 11) is 0. The van der Waals surface area contributed by atoms with Crippen LogP contribution in [0.4, 0.5) is 9.59 Å². The smallest absolute Gasteiger partial charge is 0.410 e. The number of fused-ring (bicyclic) bond motifs is 3. The number of carboxylic acids is 1. The predicted molar refractivity (Wildman–Crippen MR) is 143 cm³/mol. The zero-order valence-electron chi connectivity index (χ0n) is 23.6. The van der Waals surface area contributed by atoms with E-state index in [-0.39, 0.29) is 25.0 Å². The standard InChI is InChI=1S/C29H41N3O7/c1-28(2,3)23-24(33)32-15-20(13-22(32)25(34)35)39-27(37)31-14-19-11-8-10-18(21(19)16-31)9-6-7-12-29(4,5)17-38-26(36)30-23/h8,10-11,20,22-23H,6-7,9,12-17H2,1-5H3,(H,30,36)(H,34,35). The van der Waals surface area contributed by atoms with Crippen LogP contribution in [0.1, 0.15) is 77.0 Å². The van der Waals surface area contributed by atoms with Crippen LogP contribution in [0, 0.1) is 10.8 Å². The molecule has 0 spiro atoms. The van der Waals surface area contributed by atoms with E-state index in [1.807, 2.05) is 26.0 Å². The maximum atomic E-state index is 13.7. The van der Waals surface area contributed by atoms with Crippen molar-refractivity contribution < 1.29 is 33.8 Å². The molecule has 3 amide bonds. The number of rotatable bonds is 1. The maximum Gasteiger partial charge on any atom is 0.410 e. The number of hydrogen-bond donors (Lipinski definition) is 2. The van der Waals surface area contributed by atoms with E-state index in [4.69, 9.17) is 9.47 Å². The van der Waals surface area contributed by atoms with Gasteiger partial charge in [-0.05, 0) is 46.8 Å². The summed E-state index contributed by atoms with van der Waals surface area (Å²) >= 11 is 0. The lowest BCUT2D eigenvalue weighted by molar-refractivity contribution is -0.150. The van der Waals surface area contributed by atoms with Crippen molar-refractivity contribution in [1.82, 2.24) is 15.1 Å². The van der Waals surface area contributed by atoms with Gasteiger partial charge in [-0.15, -0.1) is 0 Å². The second-order valence-corrected chi connectivity index (χ2v) is 12.9. The zero-order chi connectivity index (χ0) is 28.5. The molecule has 3 heterocycles. The van der Waals surface area contributed by atoms with Gasteiger partial charge in [-0.2, -0.15) is 0 Å². The van der Waals surface area contributed by atoms with E-state index in [0.29, 0.717) is 13.1 Å². The normalized spacial score (nSPS) is 26.5. The molecule has 4 bridgehead atoms. The highest BCUT2D eigenvalue weighted by molar-refractivity contribution is 5.90. The minimum Gasteiger partial charge on any atom is -0.480 e. The molecule has 39 heavy (non-hydrogen) atoms. The molecule has 3 unspecified atom stereocenters. The van der Waals surface area contributed by atoms with Crippen molar-refractivity contribution in [2.75, 3.05) is 13.2 Å². The van der Waals surface area contributed by atoms with E-state index in [1.54, 1.807) is 25.7 Å². The molecular weight excluding hydrogens is 502 g/mol. The van der Waals surface area contributed by atoms with Crippen LogP contribution in [-0.4, -0.2) is 70.3 Å². The van der Waals surface area contributed by atoms with E-state index in [1.165, 1.54) is 10.5 Å². The Bertz CT molecular complexity index is 1130. The predicted octanol–water partition coefficient (Wildman–Crippen LogP) is 4.09. The van der Waals surface area contributed by atoms with Gasteiger partial charge in [-0.3, -0.25) is 9.69 Å². The number of aryl methyl sites for hydroxylation is 1. The number of carbonyl (C=O) groups excluding carboxylic acids is 3. The number of ether oxygens (including phenoxy) is 2. The van der Waals surface area contributed by atoms with Gasteiger partial charge < -0.3 is 24.8 Å². The van der Waals surface area contributed by atoms with Crippen LogP contribution in [-0.2, 0) is 38.6 Å². The summed E-state index contributed by atoms with van der Waals surface area (Å²) < 4.78 is 11.3. The summed E-state index contributed by atoms with van der Waals surface area (Å²) in [4.78, 5) is 54.5. The number of alkyl carbamates (subject to hydrolysis) is 1. The zero-order valence-corrected chi connectivity index (χ0v) is 23.6. The van der Waals surface area contributed by atoms with Crippen LogP contribution in [0.2, 0.25) is 0 Å². The van der Waals surface area contributed by atoms with E-state index in [9.17, 15) is 24.3 Å². The fourth-order valence-electron chi connectivity index (χ4n) is 5.66. The Hall–Kier alpha value is -3.30. The lowest BCUT2D eigenvalue weighted by Crippen LogP contribution is -2.57. The molecule has 3 aliphatic rings. The number of nitrogens with one attached hydrogen (secondary N) is 1. The number of cyclic esters (lactones) is 1. The molecule has 1 fully saturated rings. The summed E-state index contributed by atoms with van der Waals surface area (Å²) in [6.45, 7) is 10.5. The van der Waals surface area contributed by atoms with Gasteiger partial charge in [0.2, 0.25) is 5.91 Å². The van der Waals surface area contributed by atoms with Gasteiger partial charge in [-0.1, -0.05) is 59.2 Å².